The van der Waals surface area contributed by atoms with E-state index in [0.29, 0.717) is 29.5 Å². The first-order valence-electron chi connectivity index (χ1n) is 4.78. The first-order chi connectivity index (χ1) is 7.62. The lowest BCUT2D eigenvalue weighted by molar-refractivity contribution is -0.117. The molecule has 0 saturated carbocycles. The average Bonchev–Trinajstić information content (AvgIpc) is 2.26. The third kappa shape index (κ3) is 2.56. The Labute approximate surface area is 94.6 Å². The van der Waals surface area contributed by atoms with Crippen molar-refractivity contribution in [1.29, 1.82) is 0 Å². The van der Waals surface area contributed by atoms with Gasteiger partial charge in [0.1, 0.15) is 0 Å². The second-order valence-electron chi connectivity index (χ2n) is 3.29. The maximum Gasteiger partial charge on any atom is 0.242 e. The molecule has 0 bridgehead atoms. The van der Waals surface area contributed by atoms with E-state index in [1.807, 2.05) is 12.1 Å². The molecule has 0 amide bonds. The monoisotopic (exact) mass is 225 g/mol. The molecule has 0 aliphatic rings. The van der Waals surface area contributed by atoms with Gasteiger partial charge in [-0.15, -0.1) is 0 Å². The van der Waals surface area contributed by atoms with Crippen molar-refractivity contribution in [2.75, 3.05) is 21.3 Å². The lowest BCUT2D eigenvalue weighted by Crippen LogP contribution is -2.46. The maximum absolute atomic E-state index is 5.46. The summed E-state index contributed by atoms with van der Waals surface area (Å²) < 4.78 is 15.6. The molecule has 0 heterocycles. The Morgan fingerprint density at radius 3 is 1.94 bits per heavy atom. The summed E-state index contributed by atoms with van der Waals surface area (Å²) in [5.41, 5.74) is 6.37. The number of hydrogen-bond donors (Lipinski definition) is 2. The molecule has 1 rings (SSSR count). The Kier molecular flexibility index (Phi) is 3.99. The highest BCUT2D eigenvalue weighted by Crippen LogP contribution is 2.38. The highest BCUT2D eigenvalue weighted by molar-refractivity contribution is 5.77. The van der Waals surface area contributed by atoms with Crippen molar-refractivity contribution in [3.05, 3.63) is 17.7 Å². The van der Waals surface area contributed by atoms with Crippen LogP contribution in [-0.2, 0) is 6.42 Å². The van der Waals surface area contributed by atoms with E-state index in [1.54, 1.807) is 21.3 Å². The molecule has 16 heavy (non-hydrogen) atoms. The summed E-state index contributed by atoms with van der Waals surface area (Å²) in [7, 11) is 4.69. The smallest absolute Gasteiger partial charge is 0.242 e. The molecule has 0 fully saturated rings. The van der Waals surface area contributed by atoms with Crippen molar-refractivity contribution < 1.29 is 19.6 Å². The largest absolute Gasteiger partial charge is 0.493 e. The average molecular weight is 225 g/mol. The van der Waals surface area contributed by atoms with E-state index in [4.69, 9.17) is 25.4 Å². The van der Waals surface area contributed by atoms with Crippen LogP contribution in [0.25, 0.3) is 0 Å². The van der Waals surface area contributed by atoms with Crippen molar-refractivity contribution in [3.8, 4) is 17.2 Å². The van der Waals surface area contributed by atoms with Crippen molar-refractivity contribution in [2.24, 2.45) is 5.73 Å². The number of ether oxygens (including phenoxy) is 3. The topological polar surface area (TPSA) is 79.3 Å². The minimum atomic E-state index is 0.342. The van der Waals surface area contributed by atoms with E-state index in [0.717, 1.165) is 5.56 Å². The predicted molar refractivity (Wildman–Crippen MR) is 60.9 cm³/mol. The Balaban J connectivity index is 3.20. The van der Waals surface area contributed by atoms with Gasteiger partial charge in [-0.1, -0.05) is 0 Å². The van der Waals surface area contributed by atoms with Crippen LogP contribution in [0.2, 0.25) is 0 Å². The van der Waals surface area contributed by atoms with Gasteiger partial charge >= 0.3 is 0 Å². The van der Waals surface area contributed by atoms with Gasteiger partial charge in [0.25, 0.3) is 0 Å². The zero-order chi connectivity index (χ0) is 12.1. The van der Waals surface area contributed by atoms with Gasteiger partial charge < -0.3 is 14.2 Å². The molecule has 5 heteroatoms. The molecule has 88 valence electrons. The molecule has 4 N–H and O–H groups in total. The van der Waals surface area contributed by atoms with E-state index in [-0.39, 0.29) is 0 Å². The van der Waals surface area contributed by atoms with Gasteiger partial charge in [-0.2, -0.15) is 0 Å². The van der Waals surface area contributed by atoms with Crippen LogP contribution < -0.4 is 25.4 Å². The van der Waals surface area contributed by atoms with Gasteiger partial charge in [-0.3, -0.25) is 11.1 Å². The molecule has 0 radical (unpaired) electrons. The molecule has 0 aliphatic carbocycles. The maximum atomic E-state index is 5.46. The molecule has 0 saturated heterocycles. The summed E-state index contributed by atoms with van der Waals surface area (Å²) in [4.78, 5) is 0. The second kappa shape index (κ2) is 5.25. The van der Waals surface area contributed by atoms with Gasteiger partial charge in [0.05, 0.1) is 27.8 Å². The zero-order valence-corrected chi connectivity index (χ0v) is 9.74. The highest BCUT2D eigenvalue weighted by Gasteiger charge is 2.14. The lowest BCUT2D eigenvalue weighted by atomic mass is 10.1. The van der Waals surface area contributed by atoms with E-state index < -0.39 is 0 Å². The van der Waals surface area contributed by atoms with Crippen molar-refractivity contribution in [3.63, 3.8) is 0 Å². The predicted octanol–water partition coefficient (Wildman–Crippen LogP) is -0.629. The Bertz CT molecular complexity index is 366. The molecule has 1 aromatic rings. The van der Waals surface area contributed by atoms with Gasteiger partial charge in [0.15, 0.2) is 11.5 Å². The van der Waals surface area contributed by atoms with E-state index in [2.05, 4.69) is 0 Å². The number of benzene rings is 1. The van der Waals surface area contributed by atoms with Gasteiger partial charge in [-0.05, 0) is 17.7 Å². The van der Waals surface area contributed by atoms with Gasteiger partial charge in [0, 0.05) is 0 Å². The summed E-state index contributed by atoms with van der Waals surface area (Å²) in [6.07, 6.45) is 0.469. The standard InChI is InChI=1S/C11H16N2O3/c1-14-8-4-7(6-10(12)13)5-9(15-2)11(8)16-3/h4-5H,6H2,1-3H3,(H3,12,13)/p+1. The van der Waals surface area contributed by atoms with Crippen molar-refractivity contribution in [1.82, 2.24) is 0 Å². The number of methoxy groups -OCH3 is 3. The van der Waals surface area contributed by atoms with Crippen molar-refractivity contribution in [2.45, 2.75) is 6.42 Å². The van der Waals surface area contributed by atoms with Crippen molar-refractivity contribution >= 4 is 5.84 Å². The fourth-order valence-electron chi connectivity index (χ4n) is 1.47. The van der Waals surface area contributed by atoms with Crippen LogP contribution in [0.1, 0.15) is 5.56 Å². The molecule has 0 unspecified atom stereocenters. The van der Waals surface area contributed by atoms with E-state index in [1.165, 1.54) is 0 Å². The van der Waals surface area contributed by atoms with Gasteiger partial charge in [0.2, 0.25) is 11.6 Å². The quantitative estimate of drug-likeness (QED) is 0.516. The highest BCUT2D eigenvalue weighted by atomic mass is 16.5. The molecule has 1 aromatic carbocycles. The third-order valence-corrected chi connectivity index (χ3v) is 2.13. The van der Waals surface area contributed by atoms with Crippen LogP contribution in [0, 0.1) is 0 Å². The van der Waals surface area contributed by atoms with Crippen LogP contribution in [-0.4, -0.2) is 27.2 Å². The Hall–Kier alpha value is -1.91. The number of rotatable bonds is 5. The Morgan fingerprint density at radius 2 is 1.62 bits per heavy atom. The summed E-state index contributed by atoms with van der Waals surface area (Å²) >= 11 is 0. The fourth-order valence-corrected chi connectivity index (χ4v) is 1.47. The molecule has 5 nitrogen and oxygen atoms in total. The lowest BCUT2D eigenvalue weighted by Gasteiger charge is -2.13. The third-order valence-electron chi connectivity index (χ3n) is 2.13. The van der Waals surface area contributed by atoms with Gasteiger partial charge in [-0.25, -0.2) is 0 Å². The van der Waals surface area contributed by atoms with Crippen LogP contribution in [0.5, 0.6) is 17.2 Å². The summed E-state index contributed by atoms with van der Waals surface area (Å²) in [6, 6.07) is 3.64. The van der Waals surface area contributed by atoms with Crippen LogP contribution >= 0.6 is 0 Å². The molecular formula is C11H17N2O3+. The minimum Gasteiger partial charge on any atom is -0.493 e. The van der Waals surface area contributed by atoms with E-state index in [9.17, 15) is 0 Å². The fraction of sp³-hybridized carbons (Fsp3) is 0.364. The molecule has 0 atom stereocenters. The van der Waals surface area contributed by atoms with Crippen LogP contribution in [0.4, 0.5) is 0 Å². The number of hydrogen-bond acceptors (Lipinski definition) is 3. The molecule has 0 spiro atoms. The van der Waals surface area contributed by atoms with E-state index >= 15 is 0 Å². The SMILES string of the molecule is COc1cc(CC(N)=[NH2+])cc(OC)c1OC. The first kappa shape index (κ1) is 12.2. The minimum absolute atomic E-state index is 0.342. The zero-order valence-electron chi connectivity index (χ0n) is 9.74. The summed E-state index contributed by atoms with van der Waals surface area (Å²) in [6.45, 7) is 0. The second-order valence-corrected chi connectivity index (χ2v) is 3.29. The number of nitrogens with two attached hydrogens (primary N) is 2. The molecule has 0 aliphatic heterocycles. The molecule has 0 aromatic heterocycles. The Morgan fingerprint density at radius 1 is 1.12 bits per heavy atom. The first-order valence-corrected chi connectivity index (χ1v) is 4.78. The van der Waals surface area contributed by atoms with Crippen LogP contribution in [0.15, 0.2) is 12.1 Å². The summed E-state index contributed by atoms with van der Waals surface area (Å²) in [5.74, 6) is 2.09. The van der Waals surface area contributed by atoms with Crippen LogP contribution in [0.3, 0.4) is 0 Å². The summed E-state index contributed by atoms with van der Waals surface area (Å²) in [5, 5.41) is 5.46. The molecular weight excluding hydrogens is 208 g/mol. The normalized spacial score (nSPS) is 9.69. The number of amidine groups is 1.